The summed E-state index contributed by atoms with van der Waals surface area (Å²) in [5, 5.41) is 7.00. The molecule has 2 aromatic heterocycles. The average Bonchev–Trinajstić information content (AvgIpc) is 3.08. The number of amides is 1. The number of carbonyl (C=O) groups excluding carboxylic acids is 1. The molecule has 1 unspecified atom stereocenters. The van der Waals surface area contributed by atoms with E-state index in [1.807, 2.05) is 36.1 Å². The van der Waals surface area contributed by atoms with Gasteiger partial charge in [-0.15, -0.1) is 0 Å². The highest BCUT2D eigenvalue weighted by molar-refractivity contribution is 5.74. The van der Waals surface area contributed by atoms with E-state index >= 15 is 0 Å². The van der Waals surface area contributed by atoms with Crippen LogP contribution in [0.15, 0.2) is 28.8 Å². The van der Waals surface area contributed by atoms with Crippen LogP contribution in [0.2, 0.25) is 0 Å². The molecule has 1 N–H and O–H groups in total. The van der Waals surface area contributed by atoms with E-state index in [9.17, 15) is 4.79 Å². The van der Waals surface area contributed by atoms with Crippen LogP contribution in [0.3, 0.4) is 0 Å². The van der Waals surface area contributed by atoms with E-state index in [1.165, 1.54) is 0 Å². The number of nitrogens with one attached hydrogen (secondary N) is 1. The standard InChI is InChI=1S/C15H18N4O2/c1-10-9-15(18-21-10)17-14-7-3-5-12(16-14)13-6-4-8-19(13)11(2)20/h3,5,7,9,13H,4,6,8H2,1-2H3,(H,16,17,18). The van der Waals surface area contributed by atoms with Crippen molar-refractivity contribution in [2.75, 3.05) is 11.9 Å². The first-order chi connectivity index (χ1) is 10.1. The third-order valence-corrected chi connectivity index (χ3v) is 3.65. The van der Waals surface area contributed by atoms with Gasteiger partial charge in [0.15, 0.2) is 5.82 Å². The van der Waals surface area contributed by atoms with Gasteiger partial charge in [-0.05, 0) is 31.9 Å². The van der Waals surface area contributed by atoms with Gasteiger partial charge >= 0.3 is 0 Å². The van der Waals surface area contributed by atoms with Crippen LogP contribution in [0.25, 0.3) is 0 Å². The Hall–Kier alpha value is -2.37. The zero-order valence-electron chi connectivity index (χ0n) is 12.2. The molecule has 1 atom stereocenters. The Kier molecular flexibility index (Phi) is 3.60. The molecule has 1 aliphatic heterocycles. The minimum atomic E-state index is 0.0725. The quantitative estimate of drug-likeness (QED) is 0.939. The Morgan fingerprint density at radius 3 is 3.00 bits per heavy atom. The van der Waals surface area contributed by atoms with Gasteiger partial charge in [-0.25, -0.2) is 4.98 Å². The molecule has 1 amide bonds. The molecule has 0 bridgehead atoms. The fourth-order valence-corrected chi connectivity index (χ4v) is 2.71. The molecule has 2 aromatic rings. The first-order valence-electron chi connectivity index (χ1n) is 7.08. The van der Waals surface area contributed by atoms with E-state index in [4.69, 9.17) is 4.52 Å². The normalized spacial score (nSPS) is 18.0. The molecule has 1 saturated heterocycles. The highest BCUT2D eigenvalue weighted by Gasteiger charge is 2.28. The van der Waals surface area contributed by atoms with Gasteiger partial charge in [0, 0.05) is 19.5 Å². The zero-order valence-corrected chi connectivity index (χ0v) is 12.2. The molecule has 110 valence electrons. The van der Waals surface area contributed by atoms with E-state index in [0.717, 1.165) is 30.8 Å². The molecule has 3 rings (SSSR count). The van der Waals surface area contributed by atoms with Gasteiger partial charge < -0.3 is 14.7 Å². The summed E-state index contributed by atoms with van der Waals surface area (Å²) in [6, 6.07) is 7.66. The molecule has 6 nitrogen and oxygen atoms in total. The van der Waals surface area contributed by atoms with Crippen molar-refractivity contribution in [3.8, 4) is 0 Å². The lowest BCUT2D eigenvalue weighted by Gasteiger charge is -2.23. The van der Waals surface area contributed by atoms with Gasteiger partial charge in [0.2, 0.25) is 5.91 Å². The van der Waals surface area contributed by atoms with Crippen LogP contribution in [0, 0.1) is 6.92 Å². The molecular weight excluding hydrogens is 268 g/mol. The topological polar surface area (TPSA) is 71.3 Å². The lowest BCUT2D eigenvalue weighted by atomic mass is 10.1. The second kappa shape index (κ2) is 5.55. The van der Waals surface area contributed by atoms with Crippen LogP contribution in [0.4, 0.5) is 11.6 Å². The predicted molar refractivity (Wildman–Crippen MR) is 78.1 cm³/mol. The minimum absolute atomic E-state index is 0.0725. The highest BCUT2D eigenvalue weighted by atomic mass is 16.5. The molecule has 3 heterocycles. The molecule has 0 aromatic carbocycles. The molecule has 0 saturated carbocycles. The van der Waals surface area contributed by atoms with Crippen LogP contribution < -0.4 is 5.32 Å². The van der Waals surface area contributed by atoms with Crippen molar-refractivity contribution in [3.05, 3.63) is 35.7 Å². The summed E-state index contributed by atoms with van der Waals surface area (Å²) in [5.41, 5.74) is 0.910. The molecule has 6 heteroatoms. The molecule has 0 aliphatic carbocycles. The van der Waals surface area contributed by atoms with Crippen molar-refractivity contribution in [2.24, 2.45) is 0 Å². The van der Waals surface area contributed by atoms with E-state index in [2.05, 4.69) is 15.5 Å². The Balaban J connectivity index is 1.81. The Morgan fingerprint density at radius 1 is 1.43 bits per heavy atom. The van der Waals surface area contributed by atoms with E-state index in [0.29, 0.717) is 11.6 Å². The maximum atomic E-state index is 11.7. The number of aromatic nitrogens is 2. The molecule has 0 spiro atoms. The van der Waals surface area contributed by atoms with E-state index < -0.39 is 0 Å². The SMILES string of the molecule is CC(=O)N1CCCC1c1cccc(Nc2cc(C)on2)n1. The number of pyridine rings is 1. The third kappa shape index (κ3) is 2.89. The number of hydrogen-bond acceptors (Lipinski definition) is 5. The van der Waals surface area contributed by atoms with Gasteiger partial charge in [0.25, 0.3) is 0 Å². The number of carbonyl (C=O) groups is 1. The summed E-state index contributed by atoms with van der Waals surface area (Å²) in [6.45, 7) is 4.26. The van der Waals surface area contributed by atoms with Crippen LogP contribution >= 0.6 is 0 Å². The number of aryl methyl sites for hydroxylation is 1. The van der Waals surface area contributed by atoms with Gasteiger partial charge in [0.1, 0.15) is 11.6 Å². The maximum absolute atomic E-state index is 11.7. The summed E-state index contributed by atoms with van der Waals surface area (Å²) in [5.74, 6) is 2.18. The lowest BCUT2D eigenvalue weighted by Crippen LogP contribution is -2.28. The Bertz CT molecular complexity index is 653. The molecule has 1 fully saturated rings. The van der Waals surface area contributed by atoms with Crippen molar-refractivity contribution in [3.63, 3.8) is 0 Å². The molecule has 1 aliphatic rings. The van der Waals surface area contributed by atoms with Crippen LogP contribution in [0.1, 0.15) is 37.3 Å². The number of nitrogens with zero attached hydrogens (tertiary/aromatic N) is 3. The van der Waals surface area contributed by atoms with Crippen molar-refractivity contribution >= 4 is 17.5 Å². The van der Waals surface area contributed by atoms with Crippen LogP contribution in [0.5, 0.6) is 0 Å². The van der Waals surface area contributed by atoms with E-state index in [-0.39, 0.29) is 11.9 Å². The molecule has 0 radical (unpaired) electrons. The Morgan fingerprint density at radius 2 is 2.29 bits per heavy atom. The lowest BCUT2D eigenvalue weighted by molar-refractivity contribution is -0.129. The fraction of sp³-hybridized carbons (Fsp3) is 0.400. The smallest absolute Gasteiger partial charge is 0.220 e. The zero-order chi connectivity index (χ0) is 14.8. The predicted octanol–water partition coefficient (Wildman–Crippen LogP) is 2.81. The van der Waals surface area contributed by atoms with E-state index in [1.54, 1.807) is 6.92 Å². The van der Waals surface area contributed by atoms with Crippen molar-refractivity contribution in [1.82, 2.24) is 15.0 Å². The highest BCUT2D eigenvalue weighted by Crippen LogP contribution is 2.31. The number of rotatable bonds is 3. The number of hydrogen-bond donors (Lipinski definition) is 1. The number of likely N-dealkylation sites (tertiary alicyclic amines) is 1. The summed E-state index contributed by atoms with van der Waals surface area (Å²) in [4.78, 5) is 18.2. The largest absolute Gasteiger partial charge is 0.360 e. The first kappa shape index (κ1) is 13.6. The van der Waals surface area contributed by atoms with Crippen molar-refractivity contribution in [2.45, 2.75) is 32.7 Å². The van der Waals surface area contributed by atoms with Gasteiger partial charge in [-0.3, -0.25) is 4.79 Å². The van der Waals surface area contributed by atoms with Crippen molar-refractivity contribution in [1.29, 1.82) is 0 Å². The summed E-state index contributed by atoms with van der Waals surface area (Å²) < 4.78 is 5.02. The first-order valence-corrected chi connectivity index (χ1v) is 7.08. The summed E-state index contributed by atoms with van der Waals surface area (Å²) in [6.07, 6.45) is 1.98. The van der Waals surface area contributed by atoms with Gasteiger partial charge in [-0.2, -0.15) is 0 Å². The van der Waals surface area contributed by atoms with Crippen molar-refractivity contribution < 1.29 is 9.32 Å². The average molecular weight is 286 g/mol. The number of anilines is 2. The van der Waals surface area contributed by atoms with Gasteiger partial charge in [0.05, 0.1) is 11.7 Å². The van der Waals surface area contributed by atoms with Crippen LogP contribution in [-0.2, 0) is 4.79 Å². The van der Waals surface area contributed by atoms with Crippen LogP contribution in [-0.4, -0.2) is 27.5 Å². The molecular formula is C15H18N4O2. The fourth-order valence-electron chi connectivity index (χ4n) is 2.71. The maximum Gasteiger partial charge on any atom is 0.220 e. The third-order valence-electron chi connectivity index (χ3n) is 3.65. The monoisotopic (exact) mass is 286 g/mol. The summed E-state index contributed by atoms with van der Waals surface area (Å²) in [7, 11) is 0. The molecule has 21 heavy (non-hydrogen) atoms. The summed E-state index contributed by atoms with van der Waals surface area (Å²) >= 11 is 0. The second-order valence-corrected chi connectivity index (χ2v) is 5.27. The minimum Gasteiger partial charge on any atom is -0.360 e. The second-order valence-electron chi connectivity index (χ2n) is 5.27. The van der Waals surface area contributed by atoms with Gasteiger partial charge in [-0.1, -0.05) is 11.2 Å². The Labute approximate surface area is 123 Å².